The van der Waals surface area contributed by atoms with Gasteiger partial charge in [-0.05, 0) is 25.5 Å². The van der Waals surface area contributed by atoms with Gasteiger partial charge in [-0.25, -0.2) is 9.97 Å². The van der Waals surface area contributed by atoms with Gasteiger partial charge in [-0.3, -0.25) is 10.1 Å². The topological polar surface area (TPSA) is 69.0 Å². The number of para-hydroxylation sites is 2. The van der Waals surface area contributed by atoms with E-state index in [0.29, 0.717) is 30.8 Å². The number of rotatable bonds is 8. The van der Waals surface area contributed by atoms with Gasteiger partial charge in [-0.1, -0.05) is 26.0 Å². The van der Waals surface area contributed by atoms with E-state index in [1.54, 1.807) is 5.38 Å². The number of carbonyl (C=O) groups excluding carboxylic acids is 1. The van der Waals surface area contributed by atoms with Crippen LogP contribution in [-0.2, 0) is 11.3 Å². The van der Waals surface area contributed by atoms with E-state index >= 15 is 0 Å². The lowest BCUT2D eigenvalue weighted by Crippen LogP contribution is -2.17. The molecule has 1 aromatic carbocycles. The first-order valence-electron chi connectivity index (χ1n) is 8.90. The Morgan fingerprint density at radius 2 is 2.12 bits per heavy atom. The van der Waals surface area contributed by atoms with Crippen molar-refractivity contribution >= 4 is 34.2 Å². The Labute approximate surface area is 157 Å². The lowest BCUT2D eigenvalue weighted by Gasteiger charge is -2.09. The molecule has 0 saturated heterocycles. The molecule has 0 bridgehead atoms. The Kier molecular flexibility index (Phi) is 6.00. The van der Waals surface area contributed by atoms with Crippen molar-refractivity contribution in [1.82, 2.24) is 14.5 Å². The van der Waals surface area contributed by atoms with Gasteiger partial charge in [0, 0.05) is 31.1 Å². The summed E-state index contributed by atoms with van der Waals surface area (Å²) in [6.45, 7) is 8.23. The van der Waals surface area contributed by atoms with E-state index in [1.807, 2.05) is 35.8 Å². The number of aromatic nitrogens is 3. The van der Waals surface area contributed by atoms with Gasteiger partial charge < -0.3 is 9.30 Å². The molecule has 0 radical (unpaired) electrons. The molecular formula is C19H24N4O2S. The van der Waals surface area contributed by atoms with Gasteiger partial charge in [0.15, 0.2) is 0 Å². The van der Waals surface area contributed by atoms with E-state index in [1.165, 1.54) is 11.3 Å². The molecule has 0 spiro atoms. The summed E-state index contributed by atoms with van der Waals surface area (Å²) in [7, 11) is 0. The summed E-state index contributed by atoms with van der Waals surface area (Å²) in [5, 5.41) is 5.68. The molecular weight excluding hydrogens is 348 g/mol. The van der Waals surface area contributed by atoms with Crippen molar-refractivity contribution in [3.63, 3.8) is 0 Å². The van der Waals surface area contributed by atoms with Gasteiger partial charge in [0.2, 0.25) is 5.95 Å². The number of aryl methyl sites for hydroxylation is 1. The molecule has 7 heteroatoms. The third-order valence-corrected chi connectivity index (χ3v) is 5.15. The van der Waals surface area contributed by atoms with Crippen molar-refractivity contribution in [1.29, 1.82) is 0 Å². The molecule has 0 saturated carbocycles. The summed E-state index contributed by atoms with van der Waals surface area (Å²) in [5.41, 5.74) is 2.30. The van der Waals surface area contributed by atoms with Crippen molar-refractivity contribution in [2.75, 3.05) is 18.5 Å². The number of ether oxygens (including phenoxy) is 1. The van der Waals surface area contributed by atoms with Crippen LogP contribution in [0, 0.1) is 0 Å². The molecule has 26 heavy (non-hydrogen) atoms. The van der Waals surface area contributed by atoms with E-state index in [-0.39, 0.29) is 5.91 Å². The molecule has 2 heterocycles. The number of amides is 1. The second-order valence-electron chi connectivity index (χ2n) is 6.31. The van der Waals surface area contributed by atoms with E-state index in [9.17, 15) is 4.79 Å². The standard InChI is InChI=1S/C19H24N4O2S/c1-4-25-11-7-10-23-16-9-6-5-8-14(16)21-19(23)22-17(24)15-12-26-18(20-15)13(2)3/h5-6,8-9,12-13H,4,7,10-11H2,1-3H3,(H,21,22,24). The van der Waals surface area contributed by atoms with Gasteiger partial charge >= 0.3 is 0 Å². The Bertz CT molecular complexity index is 885. The number of carbonyl (C=O) groups is 1. The SMILES string of the molecule is CCOCCCn1c(NC(=O)c2csc(C(C)C)n2)nc2ccccc21. The summed E-state index contributed by atoms with van der Waals surface area (Å²) in [5.74, 6) is 0.631. The van der Waals surface area contributed by atoms with E-state index in [4.69, 9.17) is 4.74 Å². The summed E-state index contributed by atoms with van der Waals surface area (Å²) >= 11 is 1.51. The molecule has 0 aliphatic rings. The van der Waals surface area contributed by atoms with Crippen molar-refractivity contribution in [3.8, 4) is 0 Å². The minimum Gasteiger partial charge on any atom is -0.382 e. The van der Waals surface area contributed by atoms with Crippen LogP contribution in [0.25, 0.3) is 11.0 Å². The lowest BCUT2D eigenvalue weighted by molar-refractivity contribution is 0.102. The lowest BCUT2D eigenvalue weighted by atomic mass is 10.2. The number of anilines is 1. The Hall–Kier alpha value is -2.25. The predicted molar refractivity (Wildman–Crippen MR) is 105 cm³/mol. The first kappa shape index (κ1) is 18.5. The van der Waals surface area contributed by atoms with Crippen LogP contribution in [0.1, 0.15) is 48.6 Å². The number of benzene rings is 1. The maximum absolute atomic E-state index is 12.6. The van der Waals surface area contributed by atoms with E-state index in [0.717, 1.165) is 29.0 Å². The minimum absolute atomic E-state index is 0.227. The van der Waals surface area contributed by atoms with Crippen molar-refractivity contribution in [2.45, 2.75) is 39.7 Å². The molecule has 0 fully saturated rings. The number of thiazole rings is 1. The molecule has 1 N–H and O–H groups in total. The zero-order valence-corrected chi connectivity index (χ0v) is 16.2. The molecule has 138 valence electrons. The van der Waals surface area contributed by atoms with Gasteiger partial charge in [-0.15, -0.1) is 11.3 Å². The highest BCUT2D eigenvalue weighted by Gasteiger charge is 2.17. The summed E-state index contributed by atoms with van der Waals surface area (Å²) in [4.78, 5) is 21.6. The van der Waals surface area contributed by atoms with Crippen molar-refractivity contribution < 1.29 is 9.53 Å². The number of hydrogen-bond acceptors (Lipinski definition) is 5. The molecule has 6 nitrogen and oxygen atoms in total. The highest BCUT2D eigenvalue weighted by Crippen LogP contribution is 2.22. The van der Waals surface area contributed by atoms with Crippen LogP contribution < -0.4 is 5.32 Å². The Morgan fingerprint density at radius 3 is 2.85 bits per heavy atom. The normalized spacial score (nSPS) is 11.4. The van der Waals surface area contributed by atoms with Crippen molar-refractivity contribution in [3.05, 3.63) is 40.3 Å². The second-order valence-corrected chi connectivity index (χ2v) is 7.20. The monoisotopic (exact) mass is 372 g/mol. The molecule has 0 aliphatic heterocycles. The number of hydrogen-bond donors (Lipinski definition) is 1. The fourth-order valence-electron chi connectivity index (χ4n) is 2.69. The van der Waals surface area contributed by atoms with E-state index < -0.39 is 0 Å². The maximum atomic E-state index is 12.6. The number of nitrogens with zero attached hydrogens (tertiary/aromatic N) is 3. The highest BCUT2D eigenvalue weighted by atomic mass is 32.1. The third kappa shape index (κ3) is 4.11. The van der Waals surface area contributed by atoms with E-state index in [2.05, 4.69) is 29.1 Å². The first-order chi connectivity index (χ1) is 12.6. The fourth-order valence-corrected chi connectivity index (χ4v) is 3.50. The van der Waals surface area contributed by atoms with Crippen LogP contribution in [-0.4, -0.2) is 33.7 Å². The molecule has 0 aliphatic carbocycles. The Morgan fingerprint density at radius 1 is 1.31 bits per heavy atom. The molecule has 3 rings (SSSR count). The number of fused-ring (bicyclic) bond motifs is 1. The fraction of sp³-hybridized carbons (Fsp3) is 0.421. The summed E-state index contributed by atoms with van der Waals surface area (Å²) in [6.07, 6.45) is 0.852. The number of nitrogens with one attached hydrogen (secondary N) is 1. The van der Waals surface area contributed by atoms with Crippen LogP contribution in [0.5, 0.6) is 0 Å². The van der Waals surface area contributed by atoms with Crippen LogP contribution in [0.2, 0.25) is 0 Å². The van der Waals surface area contributed by atoms with Gasteiger partial charge in [0.1, 0.15) is 5.69 Å². The smallest absolute Gasteiger partial charge is 0.277 e. The second kappa shape index (κ2) is 8.42. The predicted octanol–water partition coefficient (Wildman–Crippen LogP) is 4.30. The highest BCUT2D eigenvalue weighted by molar-refractivity contribution is 7.09. The average Bonchev–Trinajstić information content (AvgIpc) is 3.24. The maximum Gasteiger partial charge on any atom is 0.277 e. The minimum atomic E-state index is -0.227. The average molecular weight is 372 g/mol. The van der Waals surface area contributed by atoms with Crippen LogP contribution in [0.3, 0.4) is 0 Å². The van der Waals surface area contributed by atoms with Crippen LogP contribution in [0.4, 0.5) is 5.95 Å². The number of imidazole rings is 1. The summed E-state index contributed by atoms with van der Waals surface area (Å²) in [6, 6.07) is 7.88. The molecule has 0 atom stereocenters. The molecule has 0 unspecified atom stereocenters. The van der Waals surface area contributed by atoms with Crippen LogP contribution in [0.15, 0.2) is 29.6 Å². The quantitative estimate of drug-likeness (QED) is 0.599. The zero-order valence-electron chi connectivity index (χ0n) is 15.4. The first-order valence-corrected chi connectivity index (χ1v) is 9.78. The Balaban J connectivity index is 1.82. The third-order valence-electron chi connectivity index (χ3n) is 4.00. The molecule has 1 amide bonds. The largest absolute Gasteiger partial charge is 0.382 e. The summed E-state index contributed by atoms with van der Waals surface area (Å²) < 4.78 is 7.46. The molecule has 3 aromatic rings. The van der Waals surface area contributed by atoms with Gasteiger partial charge in [-0.2, -0.15) is 0 Å². The van der Waals surface area contributed by atoms with Crippen molar-refractivity contribution in [2.24, 2.45) is 0 Å². The van der Waals surface area contributed by atoms with Gasteiger partial charge in [0.05, 0.1) is 16.0 Å². The molecule has 2 aromatic heterocycles. The van der Waals surface area contributed by atoms with Crippen LogP contribution >= 0.6 is 11.3 Å². The zero-order chi connectivity index (χ0) is 18.5. The van der Waals surface area contributed by atoms with Gasteiger partial charge in [0.25, 0.3) is 5.91 Å².